The predicted molar refractivity (Wildman–Crippen MR) is 60.7 cm³/mol. The van der Waals surface area contributed by atoms with Crippen LogP contribution < -0.4 is 11.3 Å². The SMILES string of the molecule is Cc1cc(C(NN)C(C)(C)C)ccc1F. The molecule has 0 fully saturated rings. The van der Waals surface area contributed by atoms with E-state index in [9.17, 15) is 4.39 Å². The maximum Gasteiger partial charge on any atom is 0.126 e. The van der Waals surface area contributed by atoms with Crippen molar-refractivity contribution in [3.8, 4) is 0 Å². The third-order valence-corrected chi connectivity index (χ3v) is 2.55. The van der Waals surface area contributed by atoms with Crippen LogP contribution in [-0.4, -0.2) is 0 Å². The van der Waals surface area contributed by atoms with E-state index in [4.69, 9.17) is 5.84 Å². The van der Waals surface area contributed by atoms with Crippen molar-refractivity contribution < 1.29 is 4.39 Å². The Balaban J connectivity index is 3.08. The lowest BCUT2D eigenvalue weighted by molar-refractivity contribution is 0.275. The lowest BCUT2D eigenvalue weighted by Gasteiger charge is -2.30. The van der Waals surface area contributed by atoms with Gasteiger partial charge in [-0.15, -0.1) is 0 Å². The smallest absolute Gasteiger partial charge is 0.126 e. The Morgan fingerprint density at radius 1 is 1.33 bits per heavy atom. The molecule has 3 heteroatoms. The number of aryl methyl sites for hydroxylation is 1. The third-order valence-electron chi connectivity index (χ3n) is 2.55. The van der Waals surface area contributed by atoms with Crippen molar-refractivity contribution in [1.82, 2.24) is 5.43 Å². The predicted octanol–water partition coefficient (Wildman–Crippen LogP) is 2.68. The molecule has 0 spiro atoms. The molecule has 0 aliphatic rings. The summed E-state index contributed by atoms with van der Waals surface area (Å²) in [5, 5.41) is 0. The van der Waals surface area contributed by atoms with Crippen LogP contribution in [0.3, 0.4) is 0 Å². The van der Waals surface area contributed by atoms with E-state index in [-0.39, 0.29) is 17.3 Å². The minimum Gasteiger partial charge on any atom is -0.271 e. The maximum atomic E-state index is 13.1. The highest BCUT2D eigenvalue weighted by atomic mass is 19.1. The summed E-state index contributed by atoms with van der Waals surface area (Å²) >= 11 is 0. The second kappa shape index (κ2) is 4.29. The number of halogens is 1. The summed E-state index contributed by atoms with van der Waals surface area (Å²) in [5.41, 5.74) is 4.45. The van der Waals surface area contributed by atoms with E-state index < -0.39 is 0 Å². The van der Waals surface area contributed by atoms with E-state index >= 15 is 0 Å². The Labute approximate surface area is 90.6 Å². The molecular weight excluding hydrogens is 191 g/mol. The van der Waals surface area contributed by atoms with Crippen LogP contribution in [0, 0.1) is 18.2 Å². The fourth-order valence-corrected chi connectivity index (χ4v) is 1.69. The van der Waals surface area contributed by atoms with E-state index in [1.807, 2.05) is 6.07 Å². The van der Waals surface area contributed by atoms with Crippen LogP contribution in [0.15, 0.2) is 18.2 Å². The Hall–Kier alpha value is -0.930. The van der Waals surface area contributed by atoms with Gasteiger partial charge in [-0.25, -0.2) is 4.39 Å². The highest BCUT2D eigenvalue weighted by Gasteiger charge is 2.25. The zero-order valence-corrected chi connectivity index (χ0v) is 9.76. The van der Waals surface area contributed by atoms with Crippen molar-refractivity contribution in [2.45, 2.75) is 33.7 Å². The molecule has 0 radical (unpaired) electrons. The van der Waals surface area contributed by atoms with Crippen LogP contribution in [0.5, 0.6) is 0 Å². The van der Waals surface area contributed by atoms with E-state index in [0.717, 1.165) is 5.56 Å². The highest BCUT2D eigenvalue weighted by Crippen LogP contribution is 2.32. The van der Waals surface area contributed by atoms with E-state index in [2.05, 4.69) is 26.2 Å². The van der Waals surface area contributed by atoms with Crippen LogP contribution in [0.2, 0.25) is 0 Å². The number of benzene rings is 1. The topological polar surface area (TPSA) is 38.0 Å². The van der Waals surface area contributed by atoms with Crippen molar-refractivity contribution in [3.05, 3.63) is 35.1 Å². The standard InChI is InChI=1S/C12H19FN2/c1-8-7-9(5-6-10(8)13)11(15-14)12(2,3)4/h5-7,11,15H,14H2,1-4H3. The van der Waals surface area contributed by atoms with Crippen LogP contribution in [0.4, 0.5) is 4.39 Å². The van der Waals surface area contributed by atoms with E-state index in [1.165, 1.54) is 6.07 Å². The maximum absolute atomic E-state index is 13.1. The summed E-state index contributed by atoms with van der Waals surface area (Å²) in [5.74, 6) is 5.36. The zero-order chi connectivity index (χ0) is 11.6. The molecule has 1 rings (SSSR count). The van der Waals surface area contributed by atoms with Crippen molar-refractivity contribution in [1.29, 1.82) is 0 Å². The van der Waals surface area contributed by atoms with Gasteiger partial charge in [0, 0.05) is 0 Å². The molecule has 1 aromatic rings. The van der Waals surface area contributed by atoms with Gasteiger partial charge in [0.2, 0.25) is 0 Å². The molecule has 0 aromatic heterocycles. The van der Waals surface area contributed by atoms with Gasteiger partial charge in [-0.3, -0.25) is 11.3 Å². The average molecular weight is 210 g/mol. The number of hydrogen-bond donors (Lipinski definition) is 2. The van der Waals surface area contributed by atoms with Crippen LogP contribution in [0.25, 0.3) is 0 Å². The van der Waals surface area contributed by atoms with Crippen molar-refractivity contribution >= 4 is 0 Å². The van der Waals surface area contributed by atoms with Gasteiger partial charge in [-0.05, 0) is 29.5 Å². The van der Waals surface area contributed by atoms with Gasteiger partial charge in [0.25, 0.3) is 0 Å². The molecule has 1 aromatic carbocycles. The van der Waals surface area contributed by atoms with Crippen LogP contribution >= 0.6 is 0 Å². The molecule has 15 heavy (non-hydrogen) atoms. The molecule has 0 saturated heterocycles. The first kappa shape index (κ1) is 12.1. The van der Waals surface area contributed by atoms with Crippen LogP contribution in [-0.2, 0) is 0 Å². The largest absolute Gasteiger partial charge is 0.271 e. The molecule has 0 aliphatic heterocycles. The summed E-state index contributed by atoms with van der Waals surface area (Å²) in [6.07, 6.45) is 0. The van der Waals surface area contributed by atoms with Crippen LogP contribution in [0.1, 0.15) is 37.9 Å². The molecule has 3 N–H and O–H groups in total. The first-order valence-electron chi connectivity index (χ1n) is 5.08. The fraction of sp³-hybridized carbons (Fsp3) is 0.500. The molecule has 1 unspecified atom stereocenters. The van der Waals surface area contributed by atoms with Crippen molar-refractivity contribution in [2.24, 2.45) is 11.3 Å². The molecule has 1 atom stereocenters. The molecular formula is C12H19FN2. The molecule has 0 amide bonds. The lowest BCUT2D eigenvalue weighted by Crippen LogP contribution is -2.36. The second-order valence-electron chi connectivity index (χ2n) is 4.97. The average Bonchev–Trinajstić information content (AvgIpc) is 2.10. The molecule has 0 saturated carbocycles. The Kier molecular flexibility index (Phi) is 3.47. The Morgan fingerprint density at radius 2 is 1.93 bits per heavy atom. The quantitative estimate of drug-likeness (QED) is 0.582. The first-order valence-corrected chi connectivity index (χ1v) is 5.08. The van der Waals surface area contributed by atoms with Crippen molar-refractivity contribution in [2.75, 3.05) is 0 Å². The third kappa shape index (κ3) is 2.76. The molecule has 0 bridgehead atoms. The minimum atomic E-state index is -0.177. The normalized spacial score (nSPS) is 14.0. The summed E-state index contributed by atoms with van der Waals surface area (Å²) in [4.78, 5) is 0. The first-order chi connectivity index (χ1) is 6.86. The summed E-state index contributed by atoms with van der Waals surface area (Å²) < 4.78 is 13.1. The number of hydrogen-bond acceptors (Lipinski definition) is 2. The summed E-state index contributed by atoms with van der Waals surface area (Å²) in [6.45, 7) is 8.04. The highest BCUT2D eigenvalue weighted by molar-refractivity contribution is 5.27. The fourth-order valence-electron chi connectivity index (χ4n) is 1.69. The van der Waals surface area contributed by atoms with Crippen molar-refractivity contribution in [3.63, 3.8) is 0 Å². The number of nitrogens with one attached hydrogen (secondary N) is 1. The lowest BCUT2D eigenvalue weighted by atomic mass is 9.82. The second-order valence-corrected chi connectivity index (χ2v) is 4.97. The zero-order valence-electron chi connectivity index (χ0n) is 9.76. The molecule has 0 aliphatic carbocycles. The molecule has 2 nitrogen and oxygen atoms in total. The van der Waals surface area contributed by atoms with E-state index in [1.54, 1.807) is 13.0 Å². The van der Waals surface area contributed by atoms with E-state index in [0.29, 0.717) is 5.56 Å². The van der Waals surface area contributed by atoms with Gasteiger partial charge in [0.05, 0.1) is 6.04 Å². The monoisotopic (exact) mass is 210 g/mol. The summed E-state index contributed by atoms with van der Waals surface area (Å²) in [7, 11) is 0. The Morgan fingerprint density at radius 3 is 2.33 bits per heavy atom. The molecule has 0 heterocycles. The summed E-state index contributed by atoms with van der Waals surface area (Å²) in [6, 6.07) is 5.13. The number of rotatable bonds is 2. The Bertz CT molecular complexity index is 342. The van der Waals surface area contributed by atoms with Gasteiger partial charge >= 0.3 is 0 Å². The number of nitrogens with two attached hydrogens (primary N) is 1. The van der Waals surface area contributed by atoms with Gasteiger partial charge in [-0.1, -0.05) is 32.9 Å². The van der Waals surface area contributed by atoms with Gasteiger partial charge < -0.3 is 0 Å². The number of hydrazine groups is 1. The minimum absolute atomic E-state index is 0.000973. The molecule has 84 valence electrons. The van der Waals surface area contributed by atoms with Gasteiger partial charge in [0.1, 0.15) is 5.82 Å². The van der Waals surface area contributed by atoms with Gasteiger partial charge in [-0.2, -0.15) is 0 Å². The van der Waals surface area contributed by atoms with Gasteiger partial charge in [0.15, 0.2) is 0 Å².